The lowest BCUT2D eigenvalue weighted by molar-refractivity contribution is 0.0600. The van der Waals surface area contributed by atoms with E-state index in [0.29, 0.717) is 16.7 Å². The van der Waals surface area contributed by atoms with Crippen molar-refractivity contribution in [1.29, 1.82) is 0 Å². The van der Waals surface area contributed by atoms with Crippen LogP contribution >= 0.6 is 0 Å². The molecular formula is C18H14FNO3. The molecule has 2 aromatic carbocycles. The van der Waals surface area contributed by atoms with E-state index < -0.39 is 5.97 Å². The molecule has 0 aliphatic rings. The van der Waals surface area contributed by atoms with Crippen LogP contribution in [0.3, 0.4) is 0 Å². The van der Waals surface area contributed by atoms with Crippen molar-refractivity contribution in [2.75, 3.05) is 13.7 Å². The molecule has 0 bridgehead atoms. The van der Waals surface area contributed by atoms with E-state index in [0.717, 1.165) is 0 Å². The number of nitrogens with one attached hydrogen (secondary N) is 1. The number of amides is 1. The second-order valence-corrected chi connectivity index (χ2v) is 4.56. The second kappa shape index (κ2) is 7.76. The quantitative estimate of drug-likeness (QED) is 0.699. The molecule has 2 rings (SSSR count). The number of esters is 1. The van der Waals surface area contributed by atoms with Gasteiger partial charge in [-0.15, -0.1) is 0 Å². The largest absolute Gasteiger partial charge is 0.465 e. The van der Waals surface area contributed by atoms with Gasteiger partial charge in [-0.2, -0.15) is 0 Å². The summed E-state index contributed by atoms with van der Waals surface area (Å²) in [5, 5.41) is 2.64. The maximum Gasteiger partial charge on any atom is 0.337 e. The highest BCUT2D eigenvalue weighted by molar-refractivity contribution is 5.96. The molecule has 1 amide bonds. The van der Waals surface area contributed by atoms with E-state index in [9.17, 15) is 14.0 Å². The molecule has 0 atom stereocenters. The summed E-state index contributed by atoms with van der Waals surface area (Å²) in [6, 6.07) is 11.9. The fraction of sp³-hybridized carbons (Fsp3) is 0.111. The molecule has 0 aromatic heterocycles. The summed E-state index contributed by atoms with van der Waals surface area (Å²) >= 11 is 0. The molecule has 0 radical (unpaired) electrons. The van der Waals surface area contributed by atoms with Crippen molar-refractivity contribution >= 4 is 11.9 Å². The minimum atomic E-state index is -0.456. The summed E-state index contributed by atoms with van der Waals surface area (Å²) < 4.78 is 17.3. The molecule has 23 heavy (non-hydrogen) atoms. The van der Waals surface area contributed by atoms with Gasteiger partial charge in [0.2, 0.25) is 0 Å². The Labute approximate surface area is 133 Å². The summed E-state index contributed by atoms with van der Waals surface area (Å²) in [6.45, 7) is 0.162. The van der Waals surface area contributed by atoms with E-state index in [1.807, 2.05) is 0 Å². The van der Waals surface area contributed by atoms with Crippen LogP contribution in [0.5, 0.6) is 0 Å². The summed E-state index contributed by atoms with van der Waals surface area (Å²) in [5.41, 5.74) is 1.46. The third kappa shape index (κ3) is 4.68. The van der Waals surface area contributed by atoms with Crippen LogP contribution in [-0.4, -0.2) is 25.5 Å². The van der Waals surface area contributed by atoms with Crippen molar-refractivity contribution < 1.29 is 18.7 Å². The van der Waals surface area contributed by atoms with Crippen molar-refractivity contribution in [1.82, 2.24) is 5.32 Å². The molecule has 4 nitrogen and oxygen atoms in total. The van der Waals surface area contributed by atoms with Gasteiger partial charge in [0.05, 0.1) is 19.2 Å². The minimum absolute atomic E-state index is 0.162. The van der Waals surface area contributed by atoms with Gasteiger partial charge >= 0.3 is 5.97 Å². The third-order valence-electron chi connectivity index (χ3n) is 2.98. The molecule has 0 unspecified atom stereocenters. The number of methoxy groups -OCH3 is 1. The zero-order valence-corrected chi connectivity index (χ0v) is 12.4. The molecule has 0 heterocycles. The smallest absolute Gasteiger partial charge is 0.337 e. The normalized spacial score (nSPS) is 9.48. The van der Waals surface area contributed by atoms with E-state index in [1.54, 1.807) is 12.1 Å². The SMILES string of the molecule is COC(=O)c1ccc(C(=O)NCC#Cc2ccc(F)cc2)cc1. The second-order valence-electron chi connectivity index (χ2n) is 4.56. The van der Waals surface area contributed by atoms with Crippen LogP contribution in [0.1, 0.15) is 26.3 Å². The summed E-state index contributed by atoms with van der Waals surface area (Å²) in [6.07, 6.45) is 0. The molecule has 1 N–H and O–H groups in total. The number of carbonyl (C=O) groups excluding carboxylic acids is 2. The topological polar surface area (TPSA) is 55.4 Å². The van der Waals surface area contributed by atoms with E-state index in [4.69, 9.17) is 0 Å². The van der Waals surface area contributed by atoms with Crippen molar-refractivity contribution in [2.24, 2.45) is 0 Å². The van der Waals surface area contributed by atoms with Gasteiger partial charge in [0.25, 0.3) is 5.91 Å². The minimum Gasteiger partial charge on any atom is -0.465 e. The molecule has 2 aromatic rings. The Balaban J connectivity index is 1.90. The standard InChI is InChI=1S/C18H14FNO3/c1-23-18(22)15-8-6-14(7-9-15)17(21)20-12-2-3-13-4-10-16(19)11-5-13/h4-11H,12H2,1H3,(H,20,21). The predicted molar refractivity (Wildman–Crippen MR) is 83.4 cm³/mol. The average molecular weight is 311 g/mol. The van der Waals surface area contributed by atoms with E-state index in [1.165, 1.54) is 43.5 Å². The molecule has 116 valence electrons. The van der Waals surface area contributed by atoms with Crippen LogP contribution in [-0.2, 0) is 4.74 Å². The van der Waals surface area contributed by atoms with Crippen molar-refractivity contribution in [3.05, 3.63) is 71.0 Å². The fourth-order valence-electron chi connectivity index (χ4n) is 1.78. The maximum absolute atomic E-state index is 12.7. The Kier molecular flexibility index (Phi) is 5.48. The van der Waals surface area contributed by atoms with E-state index in [-0.39, 0.29) is 18.3 Å². The van der Waals surface area contributed by atoms with Crippen LogP contribution in [0.2, 0.25) is 0 Å². The molecule has 0 spiro atoms. The molecular weight excluding hydrogens is 297 g/mol. The molecule has 0 saturated heterocycles. The molecule has 0 saturated carbocycles. The van der Waals surface area contributed by atoms with Gasteiger partial charge in [0.1, 0.15) is 5.82 Å². The first-order chi connectivity index (χ1) is 11.1. The number of benzene rings is 2. The lowest BCUT2D eigenvalue weighted by Gasteiger charge is -2.03. The first-order valence-corrected chi connectivity index (χ1v) is 6.81. The summed E-state index contributed by atoms with van der Waals surface area (Å²) in [5.74, 6) is 4.53. The predicted octanol–water partition coefficient (Wildman–Crippen LogP) is 2.39. The number of hydrogen-bond donors (Lipinski definition) is 1. The average Bonchev–Trinajstić information content (AvgIpc) is 2.59. The Morgan fingerprint density at radius 3 is 2.26 bits per heavy atom. The number of ether oxygens (including phenoxy) is 1. The molecule has 0 aliphatic carbocycles. The van der Waals surface area contributed by atoms with Gasteiger partial charge in [0.15, 0.2) is 0 Å². The van der Waals surface area contributed by atoms with Crippen molar-refractivity contribution in [3.8, 4) is 11.8 Å². The van der Waals surface area contributed by atoms with Crippen LogP contribution in [0, 0.1) is 17.7 Å². The summed E-state index contributed by atoms with van der Waals surface area (Å²) in [7, 11) is 1.29. The molecule has 0 aliphatic heterocycles. The Morgan fingerprint density at radius 1 is 1.04 bits per heavy atom. The number of rotatable bonds is 3. The van der Waals surface area contributed by atoms with Crippen LogP contribution in [0.25, 0.3) is 0 Å². The number of hydrogen-bond acceptors (Lipinski definition) is 3. The highest BCUT2D eigenvalue weighted by atomic mass is 19.1. The number of halogens is 1. The maximum atomic E-state index is 12.7. The highest BCUT2D eigenvalue weighted by Gasteiger charge is 2.07. The van der Waals surface area contributed by atoms with Gasteiger partial charge in [-0.25, -0.2) is 9.18 Å². The van der Waals surface area contributed by atoms with E-state index in [2.05, 4.69) is 21.9 Å². The van der Waals surface area contributed by atoms with Crippen LogP contribution < -0.4 is 5.32 Å². The van der Waals surface area contributed by atoms with E-state index >= 15 is 0 Å². The van der Waals surface area contributed by atoms with Gasteiger partial charge in [0, 0.05) is 11.1 Å². The third-order valence-corrected chi connectivity index (χ3v) is 2.98. The van der Waals surface area contributed by atoms with Crippen molar-refractivity contribution in [3.63, 3.8) is 0 Å². The zero-order chi connectivity index (χ0) is 16.7. The van der Waals surface area contributed by atoms with Gasteiger partial charge in [-0.1, -0.05) is 11.8 Å². The molecule has 0 fully saturated rings. The Bertz CT molecular complexity index is 756. The lowest BCUT2D eigenvalue weighted by Crippen LogP contribution is -2.23. The first-order valence-electron chi connectivity index (χ1n) is 6.81. The monoisotopic (exact) mass is 311 g/mol. The van der Waals surface area contributed by atoms with Crippen LogP contribution in [0.15, 0.2) is 48.5 Å². The number of carbonyl (C=O) groups is 2. The van der Waals surface area contributed by atoms with Gasteiger partial charge in [-0.05, 0) is 48.5 Å². The first kappa shape index (κ1) is 16.2. The highest BCUT2D eigenvalue weighted by Crippen LogP contribution is 2.05. The lowest BCUT2D eigenvalue weighted by atomic mass is 10.1. The Hall–Kier alpha value is -3.13. The van der Waals surface area contributed by atoms with Gasteiger partial charge in [-0.3, -0.25) is 4.79 Å². The van der Waals surface area contributed by atoms with Crippen LogP contribution in [0.4, 0.5) is 4.39 Å². The zero-order valence-electron chi connectivity index (χ0n) is 12.4. The molecule has 5 heteroatoms. The summed E-state index contributed by atoms with van der Waals surface area (Å²) in [4.78, 5) is 23.2. The van der Waals surface area contributed by atoms with Gasteiger partial charge < -0.3 is 10.1 Å². The fourth-order valence-corrected chi connectivity index (χ4v) is 1.78. The van der Waals surface area contributed by atoms with Crippen molar-refractivity contribution in [2.45, 2.75) is 0 Å². The Morgan fingerprint density at radius 2 is 1.65 bits per heavy atom.